The number of fused-ring (bicyclic) bond motifs is 3. The number of pyridine rings is 2. The lowest BCUT2D eigenvalue weighted by Gasteiger charge is -2.37. The molecule has 4 aliphatic rings. The van der Waals surface area contributed by atoms with Crippen LogP contribution in [-0.2, 0) is 27.8 Å². The molecule has 4 heterocycles. The maximum atomic E-state index is 14.7. The van der Waals surface area contributed by atoms with Crippen LogP contribution < -0.4 is 10.6 Å². The minimum atomic E-state index is -0.680. The summed E-state index contributed by atoms with van der Waals surface area (Å²) in [5, 5.41) is 6.52. The van der Waals surface area contributed by atoms with E-state index >= 15 is 0 Å². The third-order valence-corrected chi connectivity index (χ3v) is 9.22. The molecule has 1 aromatic carbocycles. The summed E-state index contributed by atoms with van der Waals surface area (Å²) in [6.45, 7) is 0.430. The van der Waals surface area contributed by atoms with Crippen LogP contribution >= 0.6 is 0 Å². The largest absolute Gasteiger partial charge is 0.319 e. The lowest BCUT2D eigenvalue weighted by atomic mass is 9.80. The predicted molar refractivity (Wildman–Crippen MR) is 150 cm³/mol. The van der Waals surface area contributed by atoms with E-state index in [0.29, 0.717) is 30.8 Å². The van der Waals surface area contributed by atoms with Crippen molar-refractivity contribution >= 4 is 23.7 Å². The molecule has 2 unspecified atom stereocenters. The maximum absolute atomic E-state index is 14.7. The van der Waals surface area contributed by atoms with Crippen molar-refractivity contribution < 1.29 is 14.0 Å². The third kappa shape index (κ3) is 3.96. The van der Waals surface area contributed by atoms with Gasteiger partial charge in [0, 0.05) is 42.2 Å². The van der Waals surface area contributed by atoms with Crippen LogP contribution in [0.4, 0.5) is 10.2 Å². The molecule has 2 atom stereocenters. The Labute approximate surface area is 232 Å². The van der Waals surface area contributed by atoms with Crippen molar-refractivity contribution in [3.63, 3.8) is 0 Å². The second-order valence-electron chi connectivity index (χ2n) is 11.6. The lowest BCUT2D eigenvalue weighted by molar-refractivity contribution is -0.132. The fraction of sp³-hybridized carbons (Fsp3) is 0.375. The molecule has 8 heteroatoms. The fourth-order valence-electron chi connectivity index (χ4n) is 7.21. The average molecular weight is 538 g/mol. The highest BCUT2D eigenvalue weighted by molar-refractivity contribution is 6.06. The van der Waals surface area contributed by atoms with Crippen LogP contribution in [0.15, 0.2) is 60.9 Å². The second-order valence-corrected chi connectivity index (χ2v) is 11.6. The van der Waals surface area contributed by atoms with Gasteiger partial charge in [-0.25, -0.2) is 9.37 Å². The number of rotatable bonds is 4. The van der Waals surface area contributed by atoms with Gasteiger partial charge in [-0.1, -0.05) is 49.3 Å². The van der Waals surface area contributed by atoms with E-state index in [4.69, 9.17) is 4.98 Å². The SMILES string of the molecule is O=C1C(c2ccccc2F)NC2(CCCCCC2)N1CC=Cc1cnc2c(c1)CC1(C2)C(=O)Nc2ncccc21. The molecule has 2 aliphatic heterocycles. The molecule has 2 spiro atoms. The van der Waals surface area contributed by atoms with Crippen molar-refractivity contribution in [3.8, 4) is 0 Å². The number of anilines is 1. The molecule has 2 amide bonds. The molecule has 1 saturated heterocycles. The molecule has 204 valence electrons. The van der Waals surface area contributed by atoms with E-state index in [9.17, 15) is 14.0 Å². The monoisotopic (exact) mass is 537 g/mol. The van der Waals surface area contributed by atoms with Gasteiger partial charge in [0.15, 0.2) is 0 Å². The number of carbonyl (C=O) groups excluding carboxylic acids is 2. The number of hydrogen-bond donors (Lipinski definition) is 2. The Kier molecular flexibility index (Phi) is 6.04. The van der Waals surface area contributed by atoms with Gasteiger partial charge in [-0.3, -0.25) is 19.9 Å². The maximum Gasteiger partial charge on any atom is 0.246 e. The van der Waals surface area contributed by atoms with Crippen LogP contribution in [0.2, 0.25) is 0 Å². The van der Waals surface area contributed by atoms with Crippen LogP contribution in [0.5, 0.6) is 0 Å². The summed E-state index contributed by atoms with van der Waals surface area (Å²) in [7, 11) is 0. The lowest BCUT2D eigenvalue weighted by Crippen LogP contribution is -2.52. The zero-order valence-electron chi connectivity index (χ0n) is 22.3. The van der Waals surface area contributed by atoms with E-state index in [1.54, 1.807) is 24.4 Å². The molecule has 3 aromatic rings. The summed E-state index contributed by atoms with van der Waals surface area (Å²) < 4.78 is 14.7. The van der Waals surface area contributed by atoms with E-state index in [1.165, 1.54) is 6.07 Å². The number of nitrogens with zero attached hydrogens (tertiary/aromatic N) is 3. The molecule has 2 fully saturated rings. The Morgan fingerprint density at radius 1 is 1.02 bits per heavy atom. The van der Waals surface area contributed by atoms with E-state index < -0.39 is 17.1 Å². The van der Waals surface area contributed by atoms with E-state index in [1.807, 2.05) is 35.4 Å². The first-order valence-corrected chi connectivity index (χ1v) is 14.2. The van der Waals surface area contributed by atoms with Gasteiger partial charge in [-0.15, -0.1) is 0 Å². The van der Waals surface area contributed by atoms with Crippen LogP contribution in [0.25, 0.3) is 6.08 Å². The molecule has 0 radical (unpaired) electrons. The Morgan fingerprint density at radius 3 is 2.67 bits per heavy atom. The summed E-state index contributed by atoms with van der Waals surface area (Å²) in [6.07, 6.45) is 14.8. The second kappa shape index (κ2) is 9.63. The first-order valence-electron chi connectivity index (χ1n) is 14.2. The minimum absolute atomic E-state index is 0.0190. The molecular weight excluding hydrogens is 505 g/mol. The van der Waals surface area contributed by atoms with Gasteiger partial charge in [0.1, 0.15) is 17.7 Å². The number of aromatic nitrogens is 2. The Hall–Kier alpha value is -3.91. The molecule has 2 aliphatic carbocycles. The zero-order valence-corrected chi connectivity index (χ0v) is 22.3. The van der Waals surface area contributed by atoms with Gasteiger partial charge in [-0.05, 0) is 61.4 Å². The van der Waals surface area contributed by atoms with E-state index in [0.717, 1.165) is 60.9 Å². The molecule has 40 heavy (non-hydrogen) atoms. The molecular formula is C32H32FN5O2. The van der Waals surface area contributed by atoms with E-state index in [-0.39, 0.29) is 17.6 Å². The summed E-state index contributed by atoms with van der Waals surface area (Å²) in [6, 6.07) is 11.8. The van der Waals surface area contributed by atoms with Crippen molar-refractivity contribution in [1.82, 2.24) is 20.2 Å². The van der Waals surface area contributed by atoms with Gasteiger partial charge >= 0.3 is 0 Å². The number of hydrogen-bond acceptors (Lipinski definition) is 5. The average Bonchev–Trinajstić information content (AvgIpc) is 3.48. The number of benzene rings is 1. The molecule has 0 bridgehead atoms. The molecule has 2 N–H and O–H groups in total. The third-order valence-electron chi connectivity index (χ3n) is 9.22. The quantitative estimate of drug-likeness (QED) is 0.497. The smallest absolute Gasteiger partial charge is 0.246 e. The highest BCUT2D eigenvalue weighted by Gasteiger charge is 2.52. The summed E-state index contributed by atoms with van der Waals surface area (Å²) in [5.74, 6) is 0.191. The van der Waals surface area contributed by atoms with Crippen molar-refractivity contribution in [1.29, 1.82) is 0 Å². The molecule has 7 rings (SSSR count). The first kappa shape index (κ1) is 25.1. The number of halogens is 1. The Balaban J connectivity index is 1.13. The molecule has 2 aromatic heterocycles. The van der Waals surface area contributed by atoms with Crippen molar-refractivity contribution in [3.05, 3.63) is 94.7 Å². The number of amides is 2. The minimum Gasteiger partial charge on any atom is -0.319 e. The van der Waals surface area contributed by atoms with Gasteiger partial charge in [0.2, 0.25) is 11.8 Å². The standard InChI is InChI=1S/C32H32FN5O2/c33-25-12-4-3-10-23(25)27-29(39)38(32(37-27)13-5-1-2-6-14-32)16-8-9-21-17-22-18-31(19-26(22)35-20-21)24-11-7-15-34-28(24)36-30(31)40/h3-4,7-12,15,17,20,27,37H,1-2,5-6,13-14,16,18-19H2,(H,34,36,40). The van der Waals surface area contributed by atoms with Crippen molar-refractivity contribution in [2.75, 3.05) is 11.9 Å². The van der Waals surface area contributed by atoms with Crippen molar-refractivity contribution in [2.24, 2.45) is 0 Å². The van der Waals surface area contributed by atoms with Crippen LogP contribution in [0.1, 0.15) is 72.5 Å². The van der Waals surface area contributed by atoms with Crippen LogP contribution in [-0.4, -0.2) is 38.9 Å². The van der Waals surface area contributed by atoms with Gasteiger partial charge in [0.25, 0.3) is 0 Å². The number of carbonyl (C=O) groups is 2. The highest BCUT2D eigenvalue weighted by Crippen LogP contribution is 2.46. The zero-order chi connectivity index (χ0) is 27.3. The van der Waals surface area contributed by atoms with Gasteiger partial charge in [0.05, 0.1) is 11.1 Å². The summed E-state index contributed by atoms with van der Waals surface area (Å²) >= 11 is 0. The van der Waals surface area contributed by atoms with Crippen molar-refractivity contribution in [2.45, 2.75) is 68.5 Å². The van der Waals surface area contributed by atoms with Gasteiger partial charge in [-0.2, -0.15) is 0 Å². The normalized spacial score (nSPS) is 25.0. The van der Waals surface area contributed by atoms with Gasteiger partial charge < -0.3 is 10.2 Å². The van der Waals surface area contributed by atoms with Crippen LogP contribution in [0, 0.1) is 5.82 Å². The fourth-order valence-corrected chi connectivity index (χ4v) is 7.21. The topological polar surface area (TPSA) is 87.2 Å². The Morgan fingerprint density at radius 2 is 1.85 bits per heavy atom. The highest BCUT2D eigenvalue weighted by atomic mass is 19.1. The molecule has 7 nitrogen and oxygen atoms in total. The Bertz CT molecular complexity index is 1530. The summed E-state index contributed by atoms with van der Waals surface area (Å²) in [5.41, 5.74) is 3.16. The number of nitrogens with one attached hydrogen (secondary N) is 2. The molecule has 1 saturated carbocycles. The van der Waals surface area contributed by atoms with E-state index in [2.05, 4.69) is 21.7 Å². The van der Waals surface area contributed by atoms with Crippen LogP contribution in [0.3, 0.4) is 0 Å². The summed E-state index contributed by atoms with van der Waals surface area (Å²) in [4.78, 5) is 37.7. The predicted octanol–water partition coefficient (Wildman–Crippen LogP) is 4.84. The first-order chi connectivity index (χ1) is 19.5.